The molecule has 3 aromatic heterocycles. The maximum atomic E-state index is 13.6. The van der Waals surface area contributed by atoms with E-state index in [1.54, 1.807) is 41.7 Å². The first-order chi connectivity index (χ1) is 15.9. The lowest BCUT2D eigenvalue weighted by Gasteiger charge is -2.35. The normalized spacial score (nSPS) is 21.9. The quantitative estimate of drug-likeness (QED) is 0.581. The van der Waals surface area contributed by atoms with Gasteiger partial charge in [0.05, 0.1) is 17.2 Å². The van der Waals surface area contributed by atoms with Crippen molar-refractivity contribution in [3.8, 4) is 17.3 Å². The third-order valence-corrected chi connectivity index (χ3v) is 6.08. The Labute approximate surface area is 187 Å². The first-order valence-electron chi connectivity index (χ1n) is 10.6. The first kappa shape index (κ1) is 21.3. The number of halogens is 3. The standard InChI is InChI=1S/C23H20F3N5O2/c24-23(25,26)16-4-8-27-19(11-16)33-13-17-10-14-9-15(14)12-31(17)22(32)20-18(3-1-5-28-20)21-29-6-2-7-30-21/h1-8,11,14-15,17H,9-10,12-13H2/t14-,15+,17-/m0/s1. The molecule has 33 heavy (non-hydrogen) atoms. The second-order valence-corrected chi connectivity index (χ2v) is 8.27. The molecule has 170 valence electrons. The van der Waals surface area contributed by atoms with Gasteiger partial charge in [0.2, 0.25) is 5.88 Å². The molecule has 0 aromatic carbocycles. The number of carbonyl (C=O) groups is 1. The summed E-state index contributed by atoms with van der Waals surface area (Å²) < 4.78 is 44.6. The van der Waals surface area contributed by atoms with Crippen LogP contribution in [0.4, 0.5) is 13.2 Å². The highest BCUT2D eigenvalue weighted by Crippen LogP contribution is 2.47. The van der Waals surface area contributed by atoms with Gasteiger partial charge in [-0.1, -0.05) is 0 Å². The predicted octanol–water partition coefficient (Wildman–Crippen LogP) is 3.88. The van der Waals surface area contributed by atoms with Crippen molar-refractivity contribution in [1.82, 2.24) is 24.8 Å². The third kappa shape index (κ3) is 4.50. The second kappa shape index (κ2) is 8.42. The second-order valence-electron chi connectivity index (χ2n) is 8.27. The Morgan fingerprint density at radius 3 is 2.58 bits per heavy atom. The zero-order valence-electron chi connectivity index (χ0n) is 17.4. The molecule has 10 heteroatoms. The summed E-state index contributed by atoms with van der Waals surface area (Å²) in [4.78, 5) is 32.0. The molecule has 3 aromatic rings. The van der Waals surface area contributed by atoms with Crippen molar-refractivity contribution in [3.05, 3.63) is 66.4 Å². The molecular formula is C23H20F3N5O2. The van der Waals surface area contributed by atoms with E-state index >= 15 is 0 Å². The fourth-order valence-corrected chi connectivity index (χ4v) is 4.28. The SMILES string of the molecule is O=C(c1ncccc1-c1ncccn1)N1C[C@H]2C[C@H]2C[C@H]1COc1cc(C(F)(F)F)ccn1. The van der Waals surface area contributed by atoms with Crippen LogP contribution in [0.15, 0.2) is 55.1 Å². The molecule has 2 aliphatic rings. The minimum Gasteiger partial charge on any atom is -0.475 e. The van der Waals surface area contributed by atoms with Gasteiger partial charge >= 0.3 is 6.18 Å². The van der Waals surface area contributed by atoms with Crippen molar-refractivity contribution in [3.63, 3.8) is 0 Å². The Morgan fingerprint density at radius 1 is 1.00 bits per heavy atom. The monoisotopic (exact) mass is 455 g/mol. The summed E-state index contributed by atoms with van der Waals surface area (Å²) in [5.74, 6) is 0.936. The van der Waals surface area contributed by atoms with E-state index in [1.165, 1.54) is 0 Å². The highest BCUT2D eigenvalue weighted by atomic mass is 19.4. The fraction of sp³-hybridized carbons (Fsp3) is 0.348. The molecule has 5 rings (SSSR count). The van der Waals surface area contributed by atoms with Gasteiger partial charge < -0.3 is 9.64 Å². The molecule has 7 nitrogen and oxygen atoms in total. The molecule has 0 spiro atoms. The molecule has 1 aliphatic carbocycles. The molecule has 1 aliphatic heterocycles. The summed E-state index contributed by atoms with van der Waals surface area (Å²) in [6.07, 6.45) is 3.07. The Hall–Kier alpha value is -3.56. The van der Waals surface area contributed by atoms with Crippen molar-refractivity contribution in [2.45, 2.75) is 25.1 Å². The van der Waals surface area contributed by atoms with Crippen LogP contribution in [-0.4, -0.2) is 49.9 Å². The zero-order valence-corrected chi connectivity index (χ0v) is 17.4. The minimum absolute atomic E-state index is 0.0489. The summed E-state index contributed by atoms with van der Waals surface area (Å²) in [7, 11) is 0. The number of amides is 1. The highest BCUT2D eigenvalue weighted by Gasteiger charge is 2.47. The first-order valence-corrected chi connectivity index (χ1v) is 10.6. The summed E-state index contributed by atoms with van der Waals surface area (Å²) in [6.45, 7) is 0.604. The van der Waals surface area contributed by atoms with E-state index < -0.39 is 11.7 Å². The van der Waals surface area contributed by atoms with E-state index in [2.05, 4.69) is 19.9 Å². The molecule has 1 amide bonds. The van der Waals surface area contributed by atoms with Crippen LogP contribution >= 0.6 is 0 Å². The summed E-state index contributed by atoms with van der Waals surface area (Å²) in [5, 5.41) is 0. The zero-order chi connectivity index (χ0) is 23.0. The minimum atomic E-state index is -4.48. The van der Waals surface area contributed by atoms with Gasteiger partial charge in [-0.3, -0.25) is 9.78 Å². The van der Waals surface area contributed by atoms with Crippen molar-refractivity contribution in [2.75, 3.05) is 13.2 Å². The fourth-order valence-electron chi connectivity index (χ4n) is 4.28. The molecule has 2 fully saturated rings. The van der Waals surface area contributed by atoms with Crippen LogP contribution < -0.4 is 4.74 Å². The number of rotatable bonds is 5. The predicted molar refractivity (Wildman–Crippen MR) is 111 cm³/mol. The lowest BCUT2D eigenvalue weighted by molar-refractivity contribution is -0.137. The van der Waals surface area contributed by atoms with Gasteiger partial charge in [0.25, 0.3) is 5.91 Å². The number of carbonyl (C=O) groups excluding carboxylic acids is 1. The van der Waals surface area contributed by atoms with Crippen LogP contribution in [0.25, 0.3) is 11.4 Å². The largest absolute Gasteiger partial charge is 0.475 e. The molecule has 3 atom stereocenters. The maximum absolute atomic E-state index is 13.6. The number of nitrogens with zero attached hydrogens (tertiary/aromatic N) is 5. The smallest absolute Gasteiger partial charge is 0.416 e. The van der Waals surface area contributed by atoms with Gasteiger partial charge in [-0.25, -0.2) is 15.0 Å². The van der Waals surface area contributed by atoms with Crippen LogP contribution in [0.2, 0.25) is 0 Å². The highest BCUT2D eigenvalue weighted by molar-refractivity contribution is 5.98. The van der Waals surface area contributed by atoms with Crippen LogP contribution in [0, 0.1) is 11.8 Å². The Kier molecular flexibility index (Phi) is 5.43. The molecule has 0 radical (unpaired) electrons. The van der Waals surface area contributed by atoms with E-state index in [0.29, 0.717) is 29.8 Å². The average molecular weight is 455 g/mol. The Bertz CT molecular complexity index is 1160. The van der Waals surface area contributed by atoms with Gasteiger partial charge in [0, 0.05) is 37.4 Å². The van der Waals surface area contributed by atoms with E-state index in [4.69, 9.17) is 4.74 Å². The molecule has 1 saturated carbocycles. The van der Waals surface area contributed by atoms with E-state index in [0.717, 1.165) is 31.2 Å². The average Bonchev–Trinajstić information content (AvgIpc) is 3.60. The van der Waals surface area contributed by atoms with Crippen molar-refractivity contribution >= 4 is 5.91 Å². The van der Waals surface area contributed by atoms with Gasteiger partial charge in [0.15, 0.2) is 5.82 Å². The van der Waals surface area contributed by atoms with Crippen molar-refractivity contribution < 1.29 is 22.7 Å². The lowest BCUT2D eigenvalue weighted by atomic mass is 10.0. The van der Waals surface area contributed by atoms with Crippen molar-refractivity contribution in [2.24, 2.45) is 11.8 Å². The van der Waals surface area contributed by atoms with E-state index in [9.17, 15) is 18.0 Å². The Morgan fingerprint density at radius 2 is 1.79 bits per heavy atom. The topological polar surface area (TPSA) is 81.1 Å². The van der Waals surface area contributed by atoms with E-state index in [1.807, 2.05) is 0 Å². The molecule has 0 bridgehead atoms. The van der Waals surface area contributed by atoms with Crippen LogP contribution in [-0.2, 0) is 6.18 Å². The number of pyridine rings is 2. The maximum Gasteiger partial charge on any atom is 0.416 e. The number of likely N-dealkylation sites (tertiary alicyclic amines) is 1. The Balaban J connectivity index is 1.37. The lowest BCUT2D eigenvalue weighted by Crippen LogP contribution is -2.48. The van der Waals surface area contributed by atoms with Crippen LogP contribution in [0.1, 0.15) is 28.9 Å². The van der Waals surface area contributed by atoms with Crippen molar-refractivity contribution in [1.29, 1.82) is 0 Å². The number of hydrogen-bond donors (Lipinski definition) is 0. The van der Waals surface area contributed by atoms with Crippen LogP contribution in [0.3, 0.4) is 0 Å². The van der Waals surface area contributed by atoms with Gasteiger partial charge in [-0.2, -0.15) is 13.2 Å². The number of fused-ring (bicyclic) bond motifs is 1. The molecule has 4 heterocycles. The molecule has 0 unspecified atom stereocenters. The third-order valence-electron chi connectivity index (χ3n) is 6.08. The number of hydrogen-bond acceptors (Lipinski definition) is 6. The molecular weight excluding hydrogens is 435 g/mol. The number of ether oxygens (including phenoxy) is 1. The summed E-state index contributed by atoms with van der Waals surface area (Å²) >= 11 is 0. The van der Waals surface area contributed by atoms with Gasteiger partial charge in [-0.05, 0) is 48.9 Å². The summed E-state index contributed by atoms with van der Waals surface area (Å²) in [6, 6.07) is 6.62. The number of piperidine rings is 1. The summed E-state index contributed by atoms with van der Waals surface area (Å²) in [5.41, 5.74) is -0.0578. The van der Waals surface area contributed by atoms with E-state index in [-0.39, 0.29) is 30.1 Å². The molecule has 0 N–H and O–H groups in total. The number of alkyl halides is 3. The van der Waals surface area contributed by atoms with Gasteiger partial charge in [0.1, 0.15) is 12.3 Å². The van der Waals surface area contributed by atoms with Gasteiger partial charge in [-0.15, -0.1) is 0 Å². The van der Waals surface area contributed by atoms with Crippen LogP contribution in [0.5, 0.6) is 5.88 Å². The molecule has 1 saturated heterocycles. The number of aromatic nitrogens is 4.